The van der Waals surface area contributed by atoms with E-state index in [0.29, 0.717) is 18.7 Å². The smallest absolute Gasteiger partial charge is 0.240 e. The SMILES string of the molecule is Nc1ccc(S(=O)(=O)NCC2(CCO)CC2)cc1. The number of sulfonamides is 1. The summed E-state index contributed by atoms with van der Waals surface area (Å²) in [6.45, 7) is 0.490. The van der Waals surface area contributed by atoms with Gasteiger partial charge in [0.15, 0.2) is 0 Å². The summed E-state index contributed by atoms with van der Waals surface area (Å²) in [5.41, 5.74) is 6.02. The summed E-state index contributed by atoms with van der Waals surface area (Å²) in [6.07, 6.45) is 2.59. The van der Waals surface area contributed by atoms with Crippen molar-refractivity contribution in [1.29, 1.82) is 0 Å². The molecule has 0 aliphatic heterocycles. The molecule has 0 amide bonds. The van der Waals surface area contributed by atoms with Crippen molar-refractivity contribution in [1.82, 2.24) is 4.72 Å². The van der Waals surface area contributed by atoms with Crippen molar-refractivity contribution in [2.45, 2.75) is 24.2 Å². The van der Waals surface area contributed by atoms with Gasteiger partial charge in [-0.3, -0.25) is 0 Å². The lowest BCUT2D eigenvalue weighted by Gasteiger charge is -2.14. The predicted molar refractivity (Wildman–Crippen MR) is 69.4 cm³/mol. The maximum absolute atomic E-state index is 12.0. The van der Waals surface area contributed by atoms with Gasteiger partial charge in [0, 0.05) is 18.8 Å². The largest absolute Gasteiger partial charge is 0.399 e. The van der Waals surface area contributed by atoms with Crippen molar-refractivity contribution in [3.8, 4) is 0 Å². The zero-order valence-electron chi connectivity index (χ0n) is 10.1. The van der Waals surface area contributed by atoms with Crippen LogP contribution in [0.1, 0.15) is 19.3 Å². The van der Waals surface area contributed by atoms with Crippen LogP contribution in [0.25, 0.3) is 0 Å². The molecule has 2 rings (SSSR count). The summed E-state index contributed by atoms with van der Waals surface area (Å²) >= 11 is 0. The van der Waals surface area contributed by atoms with Gasteiger partial charge in [-0.25, -0.2) is 13.1 Å². The minimum Gasteiger partial charge on any atom is -0.399 e. The monoisotopic (exact) mass is 270 g/mol. The van der Waals surface area contributed by atoms with E-state index in [1.807, 2.05) is 0 Å². The Morgan fingerprint density at radius 2 is 1.89 bits per heavy atom. The molecule has 6 heteroatoms. The number of nitrogens with one attached hydrogen (secondary N) is 1. The molecule has 1 aromatic rings. The molecule has 0 radical (unpaired) electrons. The number of rotatable bonds is 6. The van der Waals surface area contributed by atoms with Crippen molar-refractivity contribution in [3.63, 3.8) is 0 Å². The van der Waals surface area contributed by atoms with Crippen LogP contribution in [0, 0.1) is 5.41 Å². The van der Waals surface area contributed by atoms with E-state index in [-0.39, 0.29) is 16.9 Å². The topological polar surface area (TPSA) is 92.4 Å². The minimum absolute atomic E-state index is 0.0321. The first kappa shape index (κ1) is 13.3. The summed E-state index contributed by atoms with van der Waals surface area (Å²) in [4.78, 5) is 0.219. The Morgan fingerprint density at radius 1 is 1.28 bits per heavy atom. The van der Waals surface area contributed by atoms with E-state index in [9.17, 15) is 8.42 Å². The first-order valence-electron chi connectivity index (χ1n) is 5.94. The molecule has 1 aromatic carbocycles. The molecule has 5 nitrogen and oxygen atoms in total. The minimum atomic E-state index is -3.48. The van der Waals surface area contributed by atoms with E-state index >= 15 is 0 Å². The van der Waals surface area contributed by atoms with Gasteiger partial charge in [0.25, 0.3) is 0 Å². The molecule has 0 unspecified atom stereocenters. The fourth-order valence-electron chi connectivity index (χ4n) is 1.91. The zero-order chi connectivity index (χ0) is 13.2. The van der Waals surface area contributed by atoms with Gasteiger partial charge in [0.1, 0.15) is 0 Å². The first-order chi connectivity index (χ1) is 8.47. The van der Waals surface area contributed by atoms with Gasteiger partial charge < -0.3 is 10.8 Å². The molecular weight excluding hydrogens is 252 g/mol. The quantitative estimate of drug-likeness (QED) is 0.664. The molecular formula is C12H18N2O3S. The van der Waals surface area contributed by atoms with Crippen LogP contribution in [0.4, 0.5) is 5.69 Å². The van der Waals surface area contributed by atoms with E-state index in [1.54, 1.807) is 12.1 Å². The van der Waals surface area contributed by atoms with Crippen molar-refractivity contribution < 1.29 is 13.5 Å². The number of nitrogen functional groups attached to an aromatic ring is 1. The highest BCUT2D eigenvalue weighted by Crippen LogP contribution is 2.48. The fraction of sp³-hybridized carbons (Fsp3) is 0.500. The number of aliphatic hydroxyl groups is 1. The maximum atomic E-state index is 12.0. The molecule has 1 aliphatic carbocycles. The second kappa shape index (κ2) is 4.87. The highest BCUT2D eigenvalue weighted by Gasteiger charge is 2.42. The lowest BCUT2D eigenvalue weighted by atomic mass is 10.0. The lowest BCUT2D eigenvalue weighted by molar-refractivity contribution is 0.249. The highest BCUT2D eigenvalue weighted by atomic mass is 32.2. The first-order valence-corrected chi connectivity index (χ1v) is 7.42. The molecule has 100 valence electrons. The van der Waals surface area contributed by atoms with E-state index < -0.39 is 10.0 Å². The molecule has 1 fully saturated rings. The Hall–Kier alpha value is -1.11. The van der Waals surface area contributed by atoms with Crippen LogP contribution in [0.2, 0.25) is 0 Å². The third kappa shape index (κ3) is 3.01. The summed E-state index contributed by atoms with van der Waals surface area (Å²) in [5.74, 6) is 0. The third-order valence-corrected chi connectivity index (χ3v) is 4.84. The number of aliphatic hydroxyl groups excluding tert-OH is 1. The fourth-order valence-corrected chi connectivity index (χ4v) is 3.06. The summed E-state index contributed by atoms with van der Waals surface area (Å²) < 4.78 is 26.6. The van der Waals surface area contributed by atoms with Gasteiger partial charge in [0.05, 0.1) is 4.90 Å². The van der Waals surface area contributed by atoms with Crippen molar-refractivity contribution in [3.05, 3.63) is 24.3 Å². The number of hydrogen-bond donors (Lipinski definition) is 3. The lowest BCUT2D eigenvalue weighted by Crippen LogP contribution is -2.30. The Kier molecular flexibility index (Phi) is 3.61. The molecule has 0 heterocycles. The average Bonchev–Trinajstić information content (AvgIpc) is 3.08. The zero-order valence-corrected chi connectivity index (χ0v) is 10.9. The van der Waals surface area contributed by atoms with E-state index in [0.717, 1.165) is 12.8 Å². The summed E-state index contributed by atoms with van der Waals surface area (Å²) in [7, 11) is -3.48. The Labute approximate surface area is 107 Å². The summed E-state index contributed by atoms with van der Waals surface area (Å²) in [6, 6.07) is 6.11. The Morgan fingerprint density at radius 3 is 2.39 bits per heavy atom. The van der Waals surface area contributed by atoms with Crippen LogP contribution < -0.4 is 10.5 Å². The highest BCUT2D eigenvalue weighted by molar-refractivity contribution is 7.89. The summed E-state index contributed by atoms with van der Waals surface area (Å²) in [5, 5.41) is 8.93. The van der Waals surface area contributed by atoms with E-state index in [1.165, 1.54) is 12.1 Å². The van der Waals surface area contributed by atoms with Gasteiger partial charge in [-0.15, -0.1) is 0 Å². The van der Waals surface area contributed by atoms with E-state index in [4.69, 9.17) is 10.8 Å². The van der Waals surface area contributed by atoms with Crippen LogP contribution in [0.5, 0.6) is 0 Å². The van der Waals surface area contributed by atoms with E-state index in [2.05, 4.69) is 4.72 Å². The van der Waals surface area contributed by atoms with Gasteiger partial charge in [-0.2, -0.15) is 0 Å². The Balaban J connectivity index is 2.02. The number of anilines is 1. The number of hydrogen-bond acceptors (Lipinski definition) is 4. The molecule has 0 saturated heterocycles. The van der Waals surface area contributed by atoms with Gasteiger partial charge in [-0.05, 0) is 48.9 Å². The van der Waals surface area contributed by atoms with Crippen LogP contribution in [0.3, 0.4) is 0 Å². The second-order valence-electron chi connectivity index (χ2n) is 4.87. The van der Waals surface area contributed by atoms with Crippen LogP contribution in [-0.2, 0) is 10.0 Å². The van der Waals surface area contributed by atoms with Crippen LogP contribution in [0.15, 0.2) is 29.2 Å². The van der Waals surface area contributed by atoms with Gasteiger partial charge >= 0.3 is 0 Å². The van der Waals surface area contributed by atoms with Crippen molar-refractivity contribution in [2.24, 2.45) is 5.41 Å². The van der Waals surface area contributed by atoms with Gasteiger partial charge in [0.2, 0.25) is 10.0 Å². The molecule has 1 aliphatic rings. The molecule has 1 saturated carbocycles. The second-order valence-corrected chi connectivity index (χ2v) is 6.63. The molecule has 0 atom stereocenters. The normalized spacial score (nSPS) is 17.6. The maximum Gasteiger partial charge on any atom is 0.240 e. The standard InChI is InChI=1S/C12H18N2O3S/c13-10-1-3-11(4-2-10)18(16,17)14-9-12(5-6-12)7-8-15/h1-4,14-15H,5-9,13H2. The average molecular weight is 270 g/mol. The predicted octanol–water partition coefficient (Wildman–Crippen LogP) is 0.710. The van der Waals surface area contributed by atoms with Crippen molar-refractivity contribution >= 4 is 15.7 Å². The molecule has 0 spiro atoms. The molecule has 4 N–H and O–H groups in total. The molecule has 18 heavy (non-hydrogen) atoms. The number of nitrogens with two attached hydrogens (primary N) is 1. The van der Waals surface area contributed by atoms with Crippen molar-refractivity contribution in [2.75, 3.05) is 18.9 Å². The van der Waals surface area contributed by atoms with Crippen LogP contribution >= 0.6 is 0 Å². The Bertz CT molecular complexity index is 507. The van der Waals surface area contributed by atoms with Crippen LogP contribution in [-0.4, -0.2) is 26.7 Å². The van der Waals surface area contributed by atoms with Gasteiger partial charge in [-0.1, -0.05) is 0 Å². The third-order valence-electron chi connectivity index (χ3n) is 3.43. The number of benzene rings is 1. The molecule has 0 aromatic heterocycles. The molecule has 0 bridgehead atoms.